The number of rotatable bonds is 6. The molecular weight excluding hydrogens is 370 g/mol. The molecule has 6 nitrogen and oxygen atoms in total. The predicted octanol–water partition coefficient (Wildman–Crippen LogP) is 3.02. The Hall–Kier alpha value is -2.54. The summed E-state index contributed by atoms with van der Waals surface area (Å²) in [5, 5.41) is 6.12. The fourth-order valence-electron chi connectivity index (χ4n) is 2.16. The number of hydrogen-bond acceptors (Lipinski definition) is 5. The number of hydrogen-bond donors (Lipinski definition) is 2. The highest BCUT2D eigenvalue weighted by Gasteiger charge is 2.04. The third-order valence-corrected chi connectivity index (χ3v) is 3.91. The summed E-state index contributed by atoms with van der Waals surface area (Å²) >= 11 is 3.35. The van der Waals surface area contributed by atoms with Crippen LogP contribution >= 0.6 is 15.9 Å². The van der Waals surface area contributed by atoms with E-state index < -0.39 is 0 Å². The second kappa shape index (κ2) is 7.83. The smallest absolute Gasteiger partial charge is 0.251 e. The number of amides is 1. The molecule has 0 aliphatic carbocycles. The molecule has 1 aromatic carbocycles. The van der Waals surface area contributed by atoms with Crippen LogP contribution < -0.4 is 10.6 Å². The van der Waals surface area contributed by atoms with Crippen LogP contribution in [0.15, 0.2) is 53.3 Å². The fraction of sp³-hybridized carbons (Fsp3) is 0.176. The number of pyridine rings is 1. The topological polar surface area (TPSA) is 79.8 Å². The molecule has 0 aliphatic heterocycles. The first-order chi connectivity index (χ1) is 11.7. The minimum atomic E-state index is -0.0680. The maximum absolute atomic E-state index is 12.0. The zero-order chi connectivity index (χ0) is 16.8. The van der Waals surface area contributed by atoms with Crippen molar-refractivity contribution in [3.8, 4) is 0 Å². The number of carbonyl (C=O) groups is 1. The van der Waals surface area contributed by atoms with E-state index in [0.29, 0.717) is 24.3 Å². The Kier molecular flexibility index (Phi) is 5.32. The van der Waals surface area contributed by atoms with E-state index in [1.54, 1.807) is 24.5 Å². The van der Waals surface area contributed by atoms with E-state index in [2.05, 4.69) is 41.5 Å². The maximum atomic E-state index is 12.0. The van der Waals surface area contributed by atoms with Crippen LogP contribution in [0.3, 0.4) is 0 Å². The normalized spacial score (nSPS) is 10.5. The van der Waals surface area contributed by atoms with E-state index in [4.69, 9.17) is 0 Å². The number of nitrogens with one attached hydrogen (secondary N) is 2. The number of aromatic nitrogens is 3. The standard InChI is InChI=1S/C17H16BrN5O/c18-13-4-2-12(3-5-13)17(24)22-9-1-8-20-15-7-6-14-16(23-15)21-11-10-19-14/h2-7,10-11H,1,8-9H2,(H,22,24)(H,20,21,23). The van der Waals surface area contributed by atoms with Gasteiger partial charge in [-0.2, -0.15) is 0 Å². The summed E-state index contributed by atoms with van der Waals surface area (Å²) in [5.74, 6) is 0.684. The summed E-state index contributed by atoms with van der Waals surface area (Å²) in [6, 6.07) is 11.0. The Morgan fingerprint density at radius 1 is 1.00 bits per heavy atom. The molecule has 2 N–H and O–H groups in total. The molecular formula is C17H16BrN5O. The van der Waals surface area contributed by atoms with Crippen LogP contribution in [0, 0.1) is 0 Å². The molecule has 0 aliphatic rings. The molecule has 122 valence electrons. The maximum Gasteiger partial charge on any atom is 0.251 e. The van der Waals surface area contributed by atoms with Gasteiger partial charge in [-0.1, -0.05) is 15.9 Å². The minimum Gasteiger partial charge on any atom is -0.370 e. The predicted molar refractivity (Wildman–Crippen MR) is 96.9 cm³/mol. The largest absolute Gasteiger partial charge is 0.370 e. The molecule has 0 radical (unpaired) electrons. The third kappa shape index (κ3) is 4.26. The molecule has 2 aromatic heterocycles. The Bertz CT molecular complexity index is 838. The van der Waals surface area contributed by atoms with Crippen molar-refractivity contribution in [2.75, 3.05) is 18.4 Å². The van der Waals surface area contributed by atoms with Gasteiger partial charge < -0.3 is 10.6 Å². The summed E-state index contributed by atoms with van der Waals surface area (Å²) in [6.45, 7) is 1.30. The fourth-order valence-corrected chi connectivity index (χ4v) is 2.43. The van der Waals surface area contributed by atoms with Crippen molar-refractivity contribution >= 4 is 38.8 Å². The molecule has 7 heteroatoms. The Labute approximate surface area is 147 Å². The number of anilines is 1. The molecule has 24 heavy (non-hydrogen) atoms. The molecule has 0 unspecified atom stereocenters. The average Bonchev–Trinajstić information content (AvgIpc) is 2.61. The molecule has 0 spiro atoms. The lowest BCUT2D eigenvalue weighted by Crippen LogP contribution is -2.25. The molecule has 3 rings (SSSR count). The lowest BCUT2D eigenvalue weighted by atomic mass is 10.2. The number of fused-ring (bicyclic) bond motifs is 1. The van der Waals surface area contributed by atoms with Crippen LogP contribution in [0.25, 0.3) is 11.2 Å². The van der Waals surface area contributed by atoms with E-state index in [-0.39, 0.29) is 5.91 Å². The van der Waals surface area contributed by atoms with Crippen molar-refractivity contribution in [3.63, 3.8) is 0 Å². The Balaban J connectivity index is 1.43. The van der Waals surface area contributed by atoms with Crippen LogP contribution in [0.2, 0.25) is 0 Å². The van der Waals surface area contributed by atoms with Crippen LogP contribution in [0.4, 0.5) is 5.82 Å². The van der Waals surface area contributed by atoms with E-state index in [1.165, 1.54) is 0 Å². The highest BCUT2D eigenvalue weighted by atomic mass is 79.9. The zero-order valence-electron chi connectivity index (χ0n) is 12.9. The van der Waals surface area contributed by atoms with Crippen LogP contribution in [-0.4, -0.2) is 33.9 Å². The van der Waals surface area contributed by atoms with Crippen molar-refractivity contribution in [1.29, 1.82) is 0 Å². The highest BCUT2D eigenvalue weighted by molar-refractivity contribution is 9.10. The van der Waals surface area contributed by atoms with E-state index >= 15 is 0 Å². The van der Waals surface area contributed by atoms with Gasteiger partial charge in [-0.05, 0) is 42.8 Å². The van der Waals surface area contributed by atoms with Gasteiger partial charge in [-0.3, -0.25) is 9.78 Å². The summed E-state index contributed by atoms with van der Waals surface area (Å²) in [6.07, 6.45) is 4.06. The zero-order valence-corrected chi connectivity index (χ0v) is 14.5. The van der Waals surface area contributed by atoms with Gasteiger partial charge in [0.15, 0.2) is 5.65 Å². The van der Waals surface area contributed by atoms with Gasteiger partial charge in [0.1, 0.15) is 11.3 Å². The molecule has 0 bridgehead atoms. The third-order valence-electron chi connectivity index (χ3n) is 3.38. The van der Waals surface area contributed by atoms with E-state index in [9.17, 15) is 4.79 Å². The van der Waals surface area contributed by atoms with Crippen LogP contribution in [-0.2, 0) is 0 Å². The first-order valence-electron chi connectivity index (χ1n) is 7.58. The molecule has 0 atom stereocenters. The summed E-state index contributed by atoms with van der Waals surface area (Å²) in [4.78, 5) is 24.7. The second-order valence-corrected chi connectivity index (χ2v) is 6.05. The van der Waals surface area contributed by atoms with Crippen molar-refractivity contribution in [1.82, 2.24) is 20.3 Å². The molecule has 0 saturated carbocycles. The molecule has 0 fully saturated rings. The number of nitrogens with zero attached hydrogens (tertiary/aromatic N) is 3. The lowest BCUT2D eigenvalue weighted by Gasteiger charge is -2.07. The van der Waals surface area contributed by atoms with Gasteiger partial charge in [0.25, 0.3) is 5.91 Å². The monoisotopic (exact) mass is 385 g/mol. The van der Waals surface area contributed by atoms with Gasteiger partial charge in [0, 0.05) is 35.5 Å². The van der Waals surface area contributed by atoms with Gasteiger partial charge in [-0.15, -0.1) is 0 Å². The first-order valence-corrected chi connectivity index (χ1v) is 8.37. The average molecular weight is 386 g/mol. The minimum absolute atomic E-state index is 0.0680. The van der Waals surface area contributed by atoms with Crippen molar-refractivity contribution < 1.29 is 4.79 Å². The van der Waals surface area contributed by atoms with Crippen molar-refractivity contribution in [2.24, 2.45) is 0 Å². The number of carbonyl (C=O) groups excluding carboxylic acids is 1. The highest BCUT2D eigenvalue weighted by Crippen LogP contribution is 2.11. The van der Waals surface area contributed by atoms with Crippen molar-refractivity contribution in [3.05, 3.63) is 58.8 Å². The summed E-state index contributed by atoms with van der Waals surface area (Å²) in [5.41, 5.74) is 2.04. The van der Waals surface area contributed by atoms with Crippen molar-refractivity contribution in [2.45, 2.75) is 6.42 Å². The van der Waals surface area contributed by atoms with Gasteiger partial charge in [-0.25, -0.2) is 9.97 Å². The van der Waals surface area contributed by atoms with Gasteiger partial charge >= 0.3 is 0 Å². The van der Waals surface area contributed by atoms with E-state index in [1.807, 2.05) is 24.3 Å². The van der Waals surface area contributed by atoms with Gasteiger partial charge in [0.05, 0.1) is 0 Å². The van der Waals surface area contributed by atoms with Crippen LogP contribution in [0.5, 0.6) is 0 Å². The quantitative estimate of drug-likeness (QED) is 0.637. The summed E-state index contributed by atoms with van der Waals surface area (Å²) in [7, 11) is 0. The molecule has 2 heterocycles. The number of halogens is 1. The molecule has 3 aromatic rings. The van der Waals surface area contributed by atoms with Crippen LogP contribution in [0.1, 0.15) is 16.8 Å². The Morgan fingerprint density at radius 3 is 2.62 bits per heavy atom. The summed E-state index contributed by atoms with van der Waals surface area (Å²) < 4.78 is 0.954. The SMILES string of the molecule is O=C(NCCCNc1ccc2nccnc2n1)c1ccc(Br)cc1. The Morgan fingerprint density at radius 2 is 1.79 bits per heavy atom. The first kappa shape index (κ1) is 16.3. The van der Waals surface area contributed by atoms with E-state index in [0.717, 1.165) is 22.2 Å². The lowest BCUT2D eigenvalue weighted by molar-refractivity contribution is 0.0953. The van der Waals surface area contributed by atoms with Gasteiger partial charge in [0.2, 0.25) is 0 Å². The molecule has 1 amide bonds. The number of benzene rings is 1. The molecule has 0 saturated heterocycles. The second-order valence-electron chi connectivity index (χ2n) is 5.14.